The van der Waals surface area contributed by atoms with Gasteiger partial charge in [-0.25, -0.2) is 4.68 Å². The number of para-hydroxylation sites is 1. The highest BCUT2D eigenvalue weighted by molar-refractivity contribution is 7.12. The van der Waals surface area contributed by atoms with Crippen molar-refractivity contribution in [2.24, 2.45) is 0 Å². The van der Waals surface area contributed by atoms with Gasteiger partial charge in [-0.2, -0.15) is 5.10 Å². The Morgan fingerprint density at radius 2 is 1.76 bits per heavy atom. The quantitative estimate of drug-likeness (QED) is 0.624. The second-order valence-electron chi connectivity index (χ2n) is 7.24. The van der Waals surface area contributed by atoms with Gasteiger partial charge in [0.1, 0.15) is 0 Å². The van der Waals surface area contributed by atoms with Crippen molar-refractivity contribution in [1.82, 2.24) is 19.6 Å². The number of hydrogen-bond acceptors (Lipinski definition) is 4. The molecule has 0 saturated heterocycles. The lowest BCUT2D eigenvalue weighted by molar-refractivity contribution is -0.130. The van der Waals surface area contributed by atoms with E-state index in [1.165, 1.54) is 16.2 Å². The zero-order valence-corrected chi connectivity index (χ0v) is 18.3. The Morgan fingerprint density at radius 3 is 2.41 bits per heavy atom. The Morgan fingerprint density at radius 1 is 1.03 bits per heavy atom. The van der Waals surface area contributed by atoms with Gasteiger partial charge in [-0.15, -0.1) is 11.3 Å². The van der Waals surface area contributed by atoms with E-state index < -0.39 is 0 Å². The van der Waals surface area contributed by atoms with E-state index in [1.807, 2.05) is 48.2 Å². The summed E-state index contributed by atoms with van der Waals surface area (Å²) in [4.78, 5) is 28.8. The first-order valence-corrected chi connectivity index (χ1v) is 10.3. The summed E-state index contributed by atoms with van der Waals surface area (Å²) in [6, 6.07) is 11.7. The maximum Gasteiger partial charge on any atom is 0.264 e. The van der Waals surface area contributed by atoms with Crippen molar-refractivity contribution >= 4 is 23.2 Å². The molecular formula is C22H26N4O2S. The number of benzene rings is 1. The molecule has 0 N–H and O–H groups in total. The van der Waals surface area contributed by atoms with Crippen molar-refractivity contribution in [2.45, 2.75) is 27.3 Å². The number of hydrogen-bond donors (Lipinski definition) is 0. The van der Waals surface area contributed by atoms with Gasteiger partial charge >= 0.3 is 0 Å². The fourth-order valence-electron chi connectivity index (χ4n) is 3.25. The molecule has 6 nitrogen and oxygen atoms in total. The predicted molar refractivity (Wildman–Crippen MR) is 116 cm³/mol. The summed E-state index contributed by atoms with van der Waals surface area (Å²) in [7, 11) is 3.41. The van der Waals surface area contributed by atoms with E-state index in [0.717, 1.165) is 28.2 Å². The van der Waals surface area contributed by atoms with Crippen LogP contribution in [0.15, 0.2) is 41.8 Å². The van der Waals surface area contributed by atoms with E-state index in [4.69, 9.17) is 5.10 Å². The van der Waals surface area contributed by atoms with Gasteiger partial charge in [0, 0.05) is 31.9 Å². The molecule has 0 unspecified atom stereocenters. The molecule has 0 saturated carbocycles. The van der Waals surface area contributed by atoms with E-state index in [0.29, 0.717) is 11.4 Å². The largest absolute Gasteiger partial charge is 0.340 e. The summed E-state index contributed by atoms with van der Waals surface area (Å²) in [5.41, 5.74) is 5.11. The smallest absolute Gasteiger partial charge is 0.264 e. The molecular weight excluding hydrogens is 384 g/mol. The molecule has 0 radical (unpaired) electrons. The first-order chi connectivity index (χ1) is 13.8. The lowest BCUT2D eigenvalue weighted by atomic mass is 10.1. The first kappa shape index (κ1) is 20.8. The van der Waals surface area contributed by atoms with E-state index in [9.17, 15) is 9.59 Å². The van der Waals surface area contributed by atoms with E-state index in [1.54, 1.807) is 25.1 Å². The molecule has 0 aliphatic rings. The number of rotatable bonds is 6. The molecule has 0 atom stereocenters. The van der Waals surface area contributed by atoms with E-state index in [2.05, 4.69) is 13.0 Å². The molecule has 29 heavy (non-hydrogen) atoms. The summed E-state index contributed by atoms with van der Waals surface area (Å²) in [6.45, 7) is 6.52. The average molecular weight is 411 g/mol. The van der Waals surface area contributed by atoms with Crippen LogP contribution in [0.4, 0.5) is 0 Å². The van der Waals surface area contributed by atoms with Crippen molar-refractivity contribution in [2.75, 3.05) is 20.6 Å². The number of aromatic nitrogens is 2. The van der Waals surface area contributed by atoms with Gasteiger partial charge in [0.2, 0.25) is 5.91 Å². The summed E-state index contributed by atoms with van der Waals surface area (Å²) in [6.07, 6.45) is 0. The number of likely N-dealkylation sites (N-methyl/N-ethyl adjacent to an activating group) is 2. The molecule has 1 aromatic carbocycles. The lowest BCUT2D eigenvalue weighted by Crippen LogP contribution is -2.39. The zero-order chi connectivity index (χ0) is 21.1. The Hall–Kier alpha value is -2.93. The Bertz CT molecular complexity index is 1020. The second kappa shape index (κ2) is 8.61. The summed E-state index contributed by atoms with van der Waals surface area (Å²) >= 11 is 1.38. The second-order valence-corrected chi connectivity index (χ2v) is 8.18. The Balaban J connectivity index is 1.72. The van der Waals surface area contributed by atoms with Crippen molar-refractivity contribution in [1.29, 1.82) is 0 Å². The van der Waals surface area contributed by atoms with Crippen molar-refractivity contribution < 1.29 is 9.59 Å². The van der Waals surface area contributed by atoms with Gasteiger partial charge in [-0.3, -0.25) is 9.59 Å². The van der Waals surface area contributed by atoms with Gasteiger partial charge in [0.25, 0.3) is 5.91 Å². The van der Waals surface area contributed by atoms with Gasteiger partial charge in [0.15, 0.2) is 0 Å². The molecule has 2 amide bonds. The number of nitrogens with zero attached hydrogens (tertiary/aromatic N) is 4. The van der Waals surface area contributed by atoms with Crippen LogP contribution < -0.4 is 0 Å². The molecule has 7 heteroatoms. The molecule has 2 aromatic heterocycles. The fraction of sp³-hybridized carbons (Fsp3) is 0.318. The Kier molecular flexibility index (Phi) is 6.17. The first-order valence-electron chi connectivity index (χ1n) is 9.43. The topological polar surface area (TPSA) is 58.4 Å². The monoisotopic (exact) mass is 410 g/mol. The average Bonchev–Trinajstić information content (AvgIpc) is 3.32. The zero-order valence-electron chi connectivity index (χ0n) is 17.5. The van der Waals surface area contributed by atoms with Crippen LogP contribution in [0, 0.1) is 20.8 Å². The third-order valence-electron chi connectivity index (χ3n) is 5.06. The van der Waals surface area contributed by atoms with Gasteiger partial charge in [0.05, 0.1) is 22.8 Å². The van der Waals surface area contributed by atoms with Crippen LogP contribution in [0.3, 0.4) is 0 Å². The molecule has 0 spiro atoms. The normalized spacial score (nSPS) is 10.8. The number of carbonyl (C=O) groups excluding carboxylic acids is 2. The summed E-state index contributed by atoms with van der Waals surface area (Å²) in [5, 5.41) is 6.55. The molecule has 2 heterocycles. The SMILES string of the molecule is Cc1ccccc1-n1nc(C)c(CN(C)C(=O)CN(C)C(=O)c2cccs2)c1C. The maximum atomic E-state index is 12.7. The molecule has 3 rings (SSSR count). The minimum atomic E-state index is -0.138. The third-order valence-corrected chi connectivity index (χ3v) is 5.91. The lowest BCUT2D eigenvalue weighted by Gasteiger charge is -2.22. The summed E-state index contributed by atoms with van der Waals surface area (Å²) in [5.74, 6) is -0.249. The van der Waals surface area contributed by atoms with Crippen molar-refractivity contribution in [3.05, 3.63) is 69.2 Å². The highest BCUT2D eigenvalue weighted by atomic mass is 32.1. The van der Waals surface area contributed by atoms with Gasteiger partial charge in [-0.1, -0.05) is 24.3 Å². The fourth-order valence-corrected chi connectivity index (χ4v) is 3.97. The number of thiophene rings is 1. The van der Waals surface area contributed by atoms with Gasteiger partial charge < -0.3 is 9.80 Å². The van der Waals surface area contributed by atoms with Crippen LogP contribution in [0.1, 0.15) is 32.2 Å². The molecule has 0 fully saturated rings. The van der Waals surface area contributed by atoms with Gasteiger partial charge in [-0.05, 0) is 43.8 Å². The minimum Gasteiger partial charge on any atom is -0.340 e. The van der Waals surface area contributed by atoms with E-state index >= 15 is 0 Å². The number of aryl methyl sites for hydroxylation is 2. The minimum absolute atomic E-state index is 0.0389. The molecule has 0 aliphatic carbocycles. The molecule has 0 bridgehead atoms. The van der Waals surface area contributed by atoms with E-state index in [-0.39, 0.29) is 18.4 Å². The molecule has 3 aromatic rings. The van der Waals surface area contributed by atoms with Crippen LogP contribution in [0.2, 0.25) is 0 Å². The maximum absolute atomic E-state index is 12.7. The van der Waals surface area contributed by atoms with Crippen molar-refractivity contribution in [3.8, 4) is 5.69 Å². The van der Waals surface area contributed by atoms with Crippen molar-refractivity contribution in [3.63, 3.8) is 0 Å². The van der Waals surface area contributed by atoms with Crippen LogP contribution in [0.25, 0.3) is 5.69 Å². The number of amides is 2. The van der Waals surface area contributed by atoms with Crippen LogP contribution in [-0.2, 0) is 11.3 Å². The van der Waals surface area contributed by atoms with Crippen LogP contribution >= 0.6 is 11.3 Å². The molecule has 152 valence electrons. The Labute approximate surface area is 175 Å². The standard InChI is InChI=1S/C22H26N4O2S/c1-15-9-6-7-10-19(15)26-17(3)18(16(2)23-26)13-24(4)21(27)14-25(5)22(28)20-11-8-12-29-20/h6-12H,13-14H2,1-5H3. The number of carbonyl (C=O) groups is 2. The molecule has 0 aliphatic heterocycles. The van der Waals surface area contributed by atoms with Crippen LogP contribution in [-0.4, -0.2) is 52.0 Å². The van der Waals surface area contributed by atoms with Crippen LogP contribution in [0.5, 0.6) is 0 Å². The highest BCUT2D eigenvalue weighted by Gasteiger charge is 2.21. The third kappa shape index (κ3) is 4.40. The summed E-state index contributed by atoms with van der Waals surface area (Å²) < 4.78 is 1.94. The predicted octanol–water partition coefficient (Wildman–Crippen LogP) is 3.59. The highest BCUT2D eigenvalue weighted by Crippen LogP contribution is 2.21.